The highest BCUT2D eigenvalue weighted by atomic mass is 19.4. The Balaban J connectivity index is 2.34. The van der Waals surface area contributed by atoms with E-state index >= 15 is 0 Å². The number of ether oxygens (including phenoxy) is 1. The minimum absolute atomic E-state index is 0.140. The number of carboxylic acid groups (broad SMARTS) is 1. The molecule has 8 heteroatoms. The number of carboxylic acids is 1. The van der Waals surface area contributed by atoms with Crippen LogP contribution >= 0.6 is 0 Å². The van der Waals surface area contributed by atoms with Crippen molar-refractivity contribution < 1.29 is 27.8 Å². The Labute approximate surface area is 110 Å². The molecule has 1 N–H and O–H groups in total. The molecule has 0 amide bonds. The van der Waals surface area contributed by atoms with Crippen LogP contribution in [0.15, 0.2) is 36.5 Å². The van der Waals surface area contributed by atoms with Gasteiger partial charge in [0.1, 0.15) is 11.3 Å². The molecule has 5 nitrogen and oxygen atoms in total. The second-order valence-corrected chi connectivity index (χ2v) is 3.63. The van der Waals surface area contributed by atoms with Crippen LogP contribution in [0.5, 0.6) is 11.8 Å². The minimum atomic E-state index is -4.63. The third kappa shape index (κ3) is 3.02. The number of hydrogen-bond donors (Lipinski definition) is 1. The van der Waals surface area contributed by atoms with E-state index in [1.165, 1.54) is 24.3 Å². The summed E-state index contributed by atoms with van der Waals surface area (Å²) in [4.78, 5) is 17.6. The second kappa shape index (κ2) is 5.16. The van der Waals surface area contributed by atoms with Crippen molar-refractivity contribution in [3.63, 3.8) is 0 Å². The molecular formula is C12H7F3N2O3. The third-order valence-electron chi connectivity index (χ3n) is 2.24. The van der Waals surface area contributed by atoms with Gasteiger partial charge >= 0.3 is 18.2 Å². The van der Waals surface area contributed by atoms with Crippen molar-refractivity contribution in [1.29, 1.82) is 0 Å². The van der Waals surface area contributed by atoms with E-state index in [4.69, 9.17) is 9.84 Å². The van der Waals surface area contributed by atoms with Gasteiger partial charge in [-0.25, -0.2) is 9.78 Å². The first-order valence-corrected chi connectivity index (χ1v) is 5.28. The van der Waals surface area contributed by atoms with E-state index in [-0.39, 0.29) is 11.3 Å². The topological polar surface area (TPSA) is 72.3 Å². The van der Waals surface area contributed by atoms with E-state index in [1.807, 2.05) is 0 Å². The molecule has 0 unspecified atom stereocenters. The Morgan fingerprint density at radius 1 is 1.20 bits per heavy atom. The number of alkyl halides is 3. The lowest BCUT2D eigenvalue weighted by Crippen LogP contribution is -2.09. The van der Waals surface area contributed by atoms with E-state index in [2.05, 4.69) is 9.97 Å². The van der Waals surface area contributed by atoms with Crippen molar-refractivity contribution in [2.24, 2.45) is 0 Å². The fourth-order valence-corrected chi connectivity index (χ4v) is 1.38. The van der Waals surface area contributed by atoms with Gasteiger partial charge < -0.3 is 9.84 Å². The lowest BCUT2D eigenvalue weighted by atomic mass is 10.2. The molecule has 0 saturated heterocycles. The summed E-state index contributed by atoms with van der Waals surface area (Å²) in [5.41, 5.74) is -1.37. The minimum Gasteiger partial charge on any atom is -0.478 e. The number of nitrogens with zero attached hydrogens (tertiary/aromatic N) is 2. The molecule has 104 valence electrons. The van der Waals surface area contributed by atoms with Gasteiger partial charge in [0.2, 0.25) is 0 Å². The third-order valence-corrected chi connectivity index (χ3v) is 2.24. The molecule has 20 heavy (non-hydrogen) atoms. The molecule has 0 saturated carbocycles. The lowest BCUT2D eigenvalue weighted by molar-refractivity contribution is -0.141. The number of hydrogen-bond acceptors (Lipinski definition) is 4. The van der Waals surface area contributed by atoms with Crippen molar-refractivity contribution in [3.8, 4) is 11.8 Å². The first-order chi connectivity index (χ1) is 9.38. The molecule has 1 aromatic carbocycles. The van der Waals surface area contributed by atoms with Crippen molar-refractivity contribution in [2.75, 3.05) is 0 Å². The smallest absolute Gasteiger partial charge is 0.433 e. The maximum atomic E-state index is 12.5. The SMILES string of the molecule is O=C(O)c1ccccc1Oc1nccc(C(F)(F)F)n1. The number of para-hydroxylation sites is 1. The zero-order valence-electron chi connectivity index (χ0n) is 9.76. The van der Waals surface area contributed by atoms with Crippen LogP contribution in [0.3, 0.4) is 0 Å². The highest BCUT2D eigenvalue weighted by molar-refractivity contribution is 5.90. The Morgan fingerprint density at radius 2 is 1.90 bits per heavy atom. The van der Waals surface area contributed by atoms with Crippen molar-refractivity contribution in [2.45, 2.75) is 6.18 Å². The van der Waals surface area contributed by atoms with Crippen LogP contribution in [0.25, 0.3) is 0 Å². The number of carbonyl (C=O) groups is 1. The summed E-state index contributed by atoms with van der Waals surface area (Å²) in [5.74, 6) is -1.41. The monoisotopic (exact) mass is 284 g/mol. The number of halogens is 3. The molecule has 0 aliphatic rings. The number of aromatic nitrogens is 2. The first-order valence-electron chi connectivity index (χ1n) is 5.28. The fourth-order valence-electron chi connectivity index (χ4n) is 1.38. The van der Waals surface area contributed by atoms with Crippen LogP contribution in [-0.2, 0) is 6.18 Å². The van der Waals surface area contributed by atoms with Crippen molar-refractivity contribution >= 4 is 5.97 Å². The molecule has 0 aliphatic heterocycles. The zero-order chi connectivity index (χ0) is 14.8. The van der Waals surface area contributed by atoms with Crippen LogP contribution in [0.2, 0.25) is 0 Å². The number of rotatable bonds is 3. The lowest BCUT2D eigenvalue weighted by Gasteiger charge is -2.09. The molecule has 0 bridgehead atoms. The van der Waals surface area contributed by atoms with Gasteiger partial charge in [0.15, 0.2) is 5.69 Å². The predicted molar refractivity (Wildman–Crippen MR) is 60.5 cm³/mol. The maximum absolute atomic E-state index is 12.5. The summed E-state index contributed by atoms with van der Waals surface area (Å²) in [5, 5.41) is 8.93. The molecule has 1 aromatic heterocycles. The maximum Gasteiger partial charge on any atom is 0.433 e. The summed E-state index contributed by atoms with van der Waals surface area (Å²) in [6.07, 6.45) is -3.75. The van der Waals surface area contributed by atoms with Crippen LogP contribution in [0, 0.1) is 0 Å². The van der Waals surface area contributed by atoms with Gasteiger partial charge in [-0.2, -0.15) is 18.2 Å². The van der Waals surface area contributed by atoms with Gasteiger partial charge in [-0.05, 0) is 18.2 Å². The Bertz CT molecular complexity index is 644. The van der Waals surface area contributed by atoms with Crippen LogP contribution in [0.4, 0.5) is 13.2 Å². The molecule has 0 radical (unpaired) electrons. The summed E-state index contributed by atoms with van der Waals surface area (Å²) in [6.45, 7) is 0. The molecular weight excluding hydrogens is 277 g/mol. The van der Waals surface area contributed by atoms with Crippen LogP contribution in [-0.4, -0.2) is 21.0 Å². The normalized spacial score (nSPS) is 11.2. The van der Waals surface area contributed by atoms with Gasteiger partial charge in [-0.15, -0.1) is 0 Å². The predicted octanol–water partition coefficient (Wildman–Crippen LogP) is 2.99. The molecule has 2 aromatic rings. The summed E-state index contributed by atoms with van der Waals surface area (Å²) >= 11 is 0. The van der Waals surface area contributed by atoms with E-state index < -0.39 is 23.8 Å². The van der Waals surface area contributed by atoms with Crippen LogP contribution in [0.1, 0.15) is 16.1 Å². The largest absolute Gasteiger partial charge is 0.478 e. The highest BCUT2D eigenvalue weighted by Gasteiger charge is 2.33. The second-order valence-electron chi connectivity index (χ2n) is 3.63. The average Bonchev–Trinajstić information content (AvgIpc) is 2.38. The van der Waals surface area contributed by atoms with E-state index in [0.717, 1.165) is 6.20 Å². The quantitative estimate of drug-likeness (QED) is 0.938. The van der Waals surface area contributed by atoms with E-state index in [0.29, 0.717) is 6.07 Å². The number of benzene rings is 1. The van der Waals surface area contributed by atoms with E-state index in [1.54, 1.807) is 0 Å². The summed E-state index contributed by atoms with van der Waals surface area (Å²) < 4.78 is 42.4. The Hall–Kier alpha value is -2.64. The molecule has 0 atom stereocenters. The van der Waals surface area contributed by atoms with Crippen molar-refractivity contribution in [3.05, 3.63) is 47.8 Å². The summed E-state index contributed by atoms with van der Waals surface area (Å²) in [7, 11) is 0. The van der Waals surface area contributed by atoms with Crippen molar-refractivity contribution in [1.82, 2.24) is 9.97 Å². The molecule has 0 spiro atoms. The molecule has 0 aliphatic carbocycles. The average molecular weight is 284 g/mol. The van der Waals surface area contributed by atoms with Crippen LogP contribution < -0.4 is 4.74 Å². The highest BCUT2D eigenvalue weighted by Crippen LogP contribution is 2.29. The molecule has 1 heterocycles. The number of aromatic carboxylic acids is 1. The van der Waals surface area contributed by atoms with Gasteiger partial charge in [0.05, 0.1) is 0 Å². The fraction of sp³-hybridized carbons (Fsp3) is 0.0833. The van der Waals surface area contributed by atoms with Gasteiger partial charge in [-0.1, -0.05) is 12.1 Å². The van der Waals surface area contributed by atoms with Gasteiger partial charge in [-0.3, -0.25) is 0 Å². The molecule has 0 fully saturated rings. The summed E-state index contributed by atoms with van der Waals surface area (Å²) in [6, 6.07) is 5.61. The first kappa shape index (κ1) is 13.8. The van der Waals surface area contributed by atoms with E-state index in [9.17, 15) is 18.0 Å². The van der Waals surface area contributed by atoms with Gasteiger partial charge in [0.25, 0.3) is 0 Å². The van der Waals surface area contributed by atoms with Gasteiger partial charge in [0, 0.05) is 6.20 Å². The molecule has 2 rings (SSSR count). The zero-order valence-corrected chi connectivity index (χ0v) is 9.76. The standard InChI is InChI=1S/C12H7F3N2O3/c13-12(14,15)9-5-6-16-11(17-9)20-8-4-2-1-3-7(8)10(18)19/h1-6H,(H,18,19). The Morgan fingerprint density at radius 3 is 2.55 bits per heavy atom. The Kier molecular flexibility index (Phi) is 3.55.